The lowest BCUT2D eigenvalue weighted by Gasteiger charge is -2.32. The van der Waals surface area contributed by atoms with E-state index in [0.29, 0.717) is 36.5 Å². The second-order valence-electron chi connectivity index (χ2n) is 8.84. The predicted octanol–water partition coefficient (Wildman–Crippen LogP) is 3.94. The summed E-state index contributed by atoms with van der Waals surface area (Å²) in [6, 6.07) is 20.1. The first-order valence-corrected chi connectivity index (χ1v) is 12.1. The Hall–Kier alpha value is -4.66. The summed E-state index contributed by atoms with van der Waals surface area (Å²) in [7, 11) is 1.30. The Morgan fingerprint density at radius 2 is 1.68 bits per heavy atom. The molecule has 9 heteroatoms. The number of hydrogen-bond donors (Lipinski definition) is 1. The SMILES string of the molecule is COC(=O)c1ccccc1NC(=O)[C@H]1CCCN(C(=O)c2cnn(-c3ccccc3)c2-n2cccc2)C1. The van der Waals surface area contributed by atoms with Crippen LogP contribution in [0.25, 0.3) is 11.5 Å². The Balaban J connectivity index is 1.38. The molecule has 0 saturated carbocycles. The fourth-order valence-corrected chi connectivity index (χ4v) is 4.64. The van der Waals surface area contributed by atoms with Crippen molar-refractivity contribution in [2.75, 3.05) is 25.5 Å². The summed E-state index contributed by atoms with van der Waals surface area (Å²) >= 11 is 0. The summed E-state index contributed by atoms with van der Waals surface area (Å²) < 4.78 is 8.43. The fourth-order valence-electron chi connectivity index (χ4n) is 4.64. The topological polar surface area (TPSA) is 98.5 Å². The molecule has 0 radical (unpaired) electrons. The molecule has 0 bridgehead atoms. The Bertz CT molecular complexity index is 1410. The number of hydrogen-bond acceptors (Lipinski definition) is 5. The lowest BCUT2D eigenvalue weighted by atomic mass is 9.96. The van der Waals surface area contributed by atoms with Crippen LogP contribution in [0.2, 0.25) is 0 Å². The van der Waals surface area contributed by atoms with E-state index in [1.54, 1.807) is 40.0 Å². The van der Waals surface area contributed by atoms with Crippen LogP contribution < -0.4 is 5.32 Å². The van der Waals surface area contributed by atoms with Crippen molar-refractivity contribution in [2.24, 2.45) is 5.92 Å². The van der Waals surface area contributed by atoms with Gasteiger partial charge in [-0.15, -0.1) is 0 Å². The highest BCUT2D eigenvalue weighted by Crippen LogP contribution is 2.26. The molecule has 4 aromatic rings. The van der Waals surface area contributed by atoms with Gasteiger partial charge in [0.25, 0.3) is 5.91 Å². The summed E-state index contributed by atoms with van der Waals surface area (Å²) in [5.41, 5.74) is 1.97. The molecule has 188 valence electrons. The van der Waals surface area contributed by atoms with Crippen molar-refractivity contribution in [3.63, 3.8) is 0 Å². The smallest absolute Gasteiger partial charge is 0.339 e. The number of nitrogens with one attached hydrogen (secondary N) is 1. The van der Waals surface area contributed by atoms with Crippen LogP contribution in [0.15, 0.2) is 85.3 Å². The molecule has 5 rings (SSSR count). The van der Waals surface area contributed by atoms with Crippen LogP contribution >= 0.6 is 0 Å². The third-order valence-corrected chi connectivity index (χ3v) is 6.49. The van der Waals surface area contributed by atoms with Gasteiger partial charge in [0.15, 0.2) is 5.82 Å². The zero-order chi connectivity index (χ0) is 25.8. The molecule has 1 N–H and O–H groups in total. The molecule has 2 aromatic carbocycles. The van der Waals surface area contributed by atoms with Gasteiger partial charge in [0.2, 0.25) is 5.91 Å². The summed E-state index contributed by atoms with van der Waals surface area (Å²) in [5.74, 6) is -0.718. The fraction of sp³-hybridized carbons (Fsp3) is 0.214. The van der Waals surface area contributed by atoms with Crippen LogP contribution in [0.1, 0.15) is 33.6 Å². The monoisotopic (exact) mass is 497 g/mol. The van der Waals surface area contributed by atoms with Crippen molar-refractivity contribution in [1.29, 1.82) is 0 Å². The number of carbonyl (C=O) groups is 3. The van der Waals surface area contributed by atoms with Gasteiger partial charge in [-0.25, -0.2) is 9.48 Å². The van der Waals surface area contributed by atoms with Crippen molar-refractivity contribution in [2.45, 2.75) is 12.8 Å². The van der Waals surface area contributed by atoms with E-state index in [4.69, 9.17) is 4.74 Å². The van der Waals surface area contributed by atoms with E-state index in [1.165, 1.54) is 7.11 Å². The van der Waals surface area contributed by atoms with Gasteiger partial charge < -0.3 is 19.5 Å². The van der Waals surface area contributed by atoms with E-state index in [0.717, 1.165) is 5.69 Å². The van der Waals surface area contributed by atoms with Gasteiger partial charge in [-0.3, -0.25) is 9.59 Å². The molecule has 1 aliphatic heterocycles. The van der Waals surface area contributed by atoms with Crippen LogP contribution in [0, 0.1) is 5.92 Å². The first kappa shape index (κ1) is 24.1. The van der Waals surface area contributed by atoms with Crippen molar-refractivity contribution >= 4 is 23.5 Å². The summed E-state index contributed by atoms with van der Waals surface area (Å²) in [4.78, 5) is 40.7. The molecule has 0 aliphatic carbocycles. The standard InChI is InChI=1S/C28H27N5O4/c1-37-28(36)22-13-5-6-14-24(22)30-25(34)20-10-9-17-32(19-20)27(35)23-18-29-33(21-11-3-2-4-12-21)26(23)31-15-7-8-16-31/h2-8,11-16,18,20H,9-10,17,19H2,1H3,(H,30,34)/t20-/m0/s1. The number of amides is 2. The normalized spacial score (nSPS) is 15.3. The molecule has 37 heavy (non-hydrogen) atoms. The summed E-state index contributed by atoms with van der Waals surface area (Å²) in [6.45, 7) is 0.815. The molecule has 2 amide bonds. The van der Waals surface area contributed by atoms with Crippen molar-refractivity contribution in [3.05, 3.63) is 96.4 Å². The molecule has 2 aromatic heterocycles. The van der Waals surface area contributed by atoms with Gasteiger partial charge in [-0.1, -0.05) is 30.3 Å². The number of ether oxygens (including phenoxy) is 1. The maximum absolute atomic E-state index is 13.7. The maximum Gasteiger partial charge on any atom is 0.339 e. The quantitative estimate of drug-likeness (QED) is 0.407. The van der Waals surface area contributed by atoms with E-state index in [-0.39, 0.29) is 23.9 Å². The van der Waals surface area contributed by atoms with E-state index in [2.05, 4.69) is 10.4 Å². The number of piperidine rings is 1. The van der Waals surface area contributed by atoms with Crippen LogP contribution in [0.5, 0.6) is 0 Å². The number of aromatic nitrogens is 3. The highest BCUT2D eigenvalue weighted by molar-refractivity contribution is 6.02. The van der Waals surface area contributed by atoms with Crippen LogP contribution in [-0.4, -0.2) is 57.2 Å². The Morgan fingerprint density at radius 3 is 2.43 bits per heavy atom. The molecule has 1 fully saturated rings. The lowest BCUT2D eigenvalue weighted by Crippen LogP contribution is -2.44. The first-order chi connectivity index (χ1) is 18.1. The van der Waals surface area contributed by atoms with E-state index >= 15 is 0 Å². The van der Waals surface area contributed by atoms with E-state index < -0.39 is 11.9 Å². The molecule has 0 unspecified atom stereocenters. The lowest BCUT2D eigenvalue weighted by molar-refractivity contribution is -0.121. The number of rotatable bonds is 6. The zero-order valence-corrected chi connectivity index (χ0v) is 20.4. The molecule has 1 saturated heterocycles. The third-order valence-electron chi connectivity index (χ3n) is 6.49. The Kier molecular flexibility index (Phi) is 6.85. The van der Waals surface area contributed by atoms with Gasteiger partial charge in [0.1, 0.15) is 5.56 Å². The van der Waals surface area contributed by atoms with Crippen LogP contribution in [0.4, 0.5) is 5.69 Å². The largest absolute Gasteiger partial charge is 0.465 e. The highest BCUT2D eigenvalue weighted by Gasteiger charge is 2.32. The number of nitrogens with zero attached hydrogens (tertiary/aromatic N) is 4. The third kappa shape index (κ3) is 4.88. The molecule has 1 atom stereocenters. The van der Waals surface area contributed by atoms with E-state index in [1.807, 2.05) is 59.4 Å². The molecule has 0 spiro atoms. The second kappa shape index (κ2) is 10.5. The van der Waals surface area contributed by atoms with Crippen LogP contribution in [0.3, 0.4) is 0 Å². The van der Waals surface area contributed by atoms with Crippen molar-refractivity contribution in [3.8, 4) is 11.5 Å². The number of carbonyl (C=O) groups excluding carboxylic acids is 3. The number of methoxy groups -OCH3 is 1. The van der Waals surface area contributed by atoms with Crippen LogP contribution in [-0.2, 0) is 9.53 Å². The minimum absolute atomic E-state index is 0.182. The first-order valence-electron chi connectivity index (χ1n) is 12.1. The van der Waals surface area contributed by atoms with E-state index in [9.17, 15) is 14.4 Å². The molecule has 3 heterocycles. The minimum Gasteiger partial charge on any atom is -0.465 e. The predicted molar refractivity (Wildman–Crippen MR) is 138 cm³/mol. The molecular formula is C28H27N5O4. The number of benzene rings is 2. The average Bonchev–Trinajstić information content (AvgIpc) is 3.63. The number of anilines is 1. The molecule has 9 nitrogen and oxygen atoms in total. The van der Waals surface area contributed by atoms with Crippen molar-refractivity contribution < 1.29 is 19.1 Å². The van der Waals surface area contributed by atoms with Gasteiger partial charge in [-0.2, -0.15) is 5.10 Å². The van der Waals surface area contributed by atoms with Gasteiger partial charge in [0, 0.05) is 25.5 Å². The Labute approximate surface area is 214 Å². The number of likely N-dealkylation sites (tertiary alicyclic amines) is 1. The maximum atomic E-state index is 13.7. The average molecular weight is 498 g/mol. The molecule has 1 aliphatic rings. The van der Waals surface area contributed by atoms with Gasteiger partial charge in [0.05, 0.1) is 36.2 Å². The minimum atomic E-state index is -0.524. The second-order valence-corrected chi connectivity index (χ2v) is 8.84. The Morgan fingerprint density at radius 1 is 0.946 bits per heavy atom. The van der Waals surface area contributed by atoms with Gasteiger partial charge in [-0.05, 0) is 49.2 Å². The number of para-hydroxylation sites is 2. The highest BCUT2D eigenvalue weighted by atomic mass is 16.5. The number of esters is 1. The zero-order valence-electron chi connectivity index (χ0n) is 20.4. The van der Waals surface area contributed by atoms with Crippen molar-refractivity contribution in [1.82, 2.24) is 19.2 Å². The summed E-state index contributed by atoms with van der Waals surface area (Å²) in [6.07, 6.45) is 6.66. The molecular weight excluding hydrogens is 470 g/mol. The van der Waals surface area contributed by atoms with Gasteiger partial charge >= 0.3 is 5.97 Å². The summed E-state index contributed by atoms with van der Waals surface area (Å²) in [5, 5.41) is 7.38.